The van der Waals surface area contributed by atoms with Gasteiger partial charge in [-0.05, 0) is 17.2 Å². The Morgan fingerprint density at radius 2 is 1.55 bits per heavy atom. The number of nitro benzene ring substituents is 1. The fraction of sp³-hybridized carbons (Fsp3) is 0.0833. The number of nitrogens with one attached hydrogen (secondary N) is 1. The lowest BCUT2D eigenvalue weighted by Crippen LogP contribution is -2.21. The number of nitro groups is 1. The van der Waals surface area contributed by atoms with E-state index in [4.69, 9.17) is 0 Å². The number of nitrogens with zero attached hydrogens (tertiary/aromatic N) is 3. The van der Waals surface area contributed by atoms with Gasteiger partial charge < -0.3 is 10.2 Å². The van der Waals surface area contributed by atoms with Crippen molar-refractivity contribution in [1.29, 1.82) is 5.26 Å². The molecule has 0 aromatic heterocycles. The number of nitriles is 1. The van der Waals surface area contributed by atoms with Crippen molar-refractivity contribution in [2.75, 3.05) is 5.32 Å². The maximum atomic E-state index is 12.7. The number of carbonyl (C=O) groups excluding carboxylic acids is 1. The van der Waals surface area contributed by atoms with Gasteiger partial charge in [-0.15, -0.1) is 0 Å². The van der Waals surface area contributed by atoms with E-state index in [-0.39, 0.29) is 16.9 Å². The van der Waals surface area contributed by atoms with E-state index in [9.17, 15) is 20.2 Å². The number of hydrogen-bond acceptors (Lipinski definition) is 5. The van der Waals surface area contributed by atoms with Crippen LogP contribution in [0.1, 0.15) is 11.1 Å². The third-order valence-electron chi connectivity index (χ3n) is 4.45. The average Bonchev–Trinajstić information content (AvgIpc) is 2.78. The summed E-state index contributed by atoms with van der Waals surface area (Å²) in [6.45, 7) is 1.01. The van der Waals surface area contributed by atoms with Crippen LogP contribution in [0.25, 0.3) is 0 Å². The standard InChI is InChI=1S/C24H20N4O3/c25-15-21(24(29)26-22-12-7-13-23(14-22)28(30)31)18-27(16-19-8-3-1-4-9-19)17-20-10-5-2-6-11-20/h1-14,18H,16-17H2,(H,26,29)/b21-18-. The highest BCUT2D eigenvalue weighted by molar-refractivity contribution is 6.06. The lowest BCUT2D eigenvalue weighted by atomic mass is 10.1. The first-order chi connectivity index (χ1) is 15.0. The lowest BCUT2D eigenvalue weighted by molar-refractivity contribution is -0.384. The van der Waals surface area contributed by atoms with Gasteiger partial charge in [-0.1, -0.05) is 66.7 Å². The molecule has 0 heterocycles. The maximum Gasteiger partial charge on any atom is 0.271 e. The summed E-state index contributed by atoms with van der Waals surface area (Å²) in [7, 11) is 0. The molecule has 0 fully saturated rings. The molecule has 0 atom stereocenters. The summed E-state index contributed by atoms with van der Waals surface area (Å²) in [5, 5.41) is 23.1. The third-order valence-corrected chi connectivity index (χ3v) is 4.45. The van der Waals surface area contributed by atoms with E-state index in [1.54, 1.807) is 0 Å². The largest absolute Gasteiger partial charge is 0.367 e. The van der Waals surface area contributed by atoms with Gasteiger partial charge in [0.15, 0.2) is 0 Å². The topological polar surface area (TPSA) is 99.3 Å². The Balaban J connectivity index is 1.83. The van der Waals surface area contributed by atoms with Crippen LogP contribution in [0.2, 0.25) is 0 Å². The van der Waals surface area contributed by atoms with Crippen LogP contribution < -0.4 is 5.32 Å². The first-order valence-corrected chi connectivity index (χ1v) is 9.55. The van der Waals surface area contributed by atoms with Crippen LogP contribution in [0, 0.1) is 21.4 Å². The van der Waals surface area contributed by atoms with Gasteiger partial charge in [-0.3, -0.25) is 14.9 Å². The SMILES string of the molecule is N#C/C(=C/N(Cc1ccccc1)Cc1ccccc1)C(=O)Nc1cccc([N+](=O)[O-])c1. The minimum Gasteiger partial charge on any atom is -0.367 e. The molecular formula is C24H20N4O3. The Labute approximate surface area is 180 Å². The number of carbonyl (C=O) groups is 1. The highest BCUT2D eigenvalue weighted by Gasteiger charge is 2.14. The van der Waals surface area contributed by atoms with Crippen molar-refractivity contribution < 1.29 is 9.72 Å². The summed E-state index contributed by atoms with van der Waals surface area (Å²) in [4.78, 5) is 25.0. The molecule has 0 saturated carbocycles. The second kappa shape index (κ2) is 10.4. The molecule has 0 aliphatic rings. The number of hydrogen-bond donors (Lipinski definition) is 1. The monoisotopic (exact) mass is 412 g/mol. The molecule has 3 aromatic rings. The van der Waals surface area contributed by atoms with Crippen molar-refractivity contribution in [3.8, 4) is 6.07 Å². The molecule has 3 aromatic carbocycles. The first kappa shape index (κ1) is 21.3. The number of anilines is 1. The van der Waals surface area contributed by atoms with Crippen LogP contribution in [0.5, 0.6) is 0 Å². The van der Waals surface area contributed by atoms with Gasteiger partial charge in [0.25, 0.3) is 11.6 Å². The molecule has 154 valence electrons. The zero-order valence-corrected chi connectivity index (χ0v) is 16.6. The van der Waals surface area contributed by atoms with Crippen molar-refractivity contribution in [2.24, 2.45) is 0 Å². The molecule has 7 nitrogen and oxygen atoms in total. The molecular weight excluding hydrogens is 392 g/mol. The van der Waals surface area contributed by atoms with Gasteiger partial charge in [0.05, 0.1) is 4.92 Å². The molecule has 0 spiro atoms. The smallest absolute Gasteiger partial charge is 0.271 e. The minimum absolute atomic E-state index is 0.0987. The van der Waals surface area contributed by atoms with Gasteiger partial charge >= 0.3 is 0 Å². The highest BCUT2D eigenvalue weighted by Crippen LogP contribution is 2.18. The Morgan fingerprint density at radius 1 is 0.968 bits per heavy atom. The number of amides is 1. The van der Waals surface area contributed by atoms with E-state index in [1.165, 1.54) is 30.5 Å². The molecule has 0 unspecified atom stereocenters. The van der Waals surface area contributed by atoms with Gasteiger partial charge in [0.1, 0.15) is 11.6 Å². The third kappa shape index (κ3) is 6.27. The maximum absolute atomic E-state index is 12.7. The quantitative estimate of drug-likeness (QED) is 0.251. The van der Waals surface area contributed by atoms with E-state index >= 15 is 0 Å². The summed E-state index contributed by atoms with van der Waals surface area (Å²) in [5.74, 6) is -0.630. The zero-order valence-electron chi connectivity index (χ0n) is 16.6. The van der Waals surface area contributed by atoms with Gasteiger partial charge in [0, 0.05) is 37.1 Å². The lowest BCUT2D eigenvalue weighted by Gasteiger charge is -2.21. The normalized spacial score (nSPS) is 10.7. The predicted molar refractivity (Wildman–Crippen MR) is 118 cm³/mol. The molecule has 0 saturated heterocycles. The van der Waals surface area contributed by atoms with Crippen LogP contribution in [0.4, 0.5) is 11.4 Å². The molecule has 7 heteroatoms. The molecule has 0 aliphatic carbocycles. The van der Waals surface area contributed by atoms with Crippen LogP contribution in [0.15, 0.2) is 96.7 Å². The van der Waals surface area contributed by atoms with Crippen molar-refractivity contribution >= 4 is 17.3 Å². The Kier molecular flexibility index (Phi) is 7.12. The van der Waals surface area contributed by atoms with Gasteiger partial charge in [-0.2, -0.15) is 5.26 Å². The summed E-state index contributed by atoms with van der Waals surface area (Å²) in [6.07, 6.45) is 1.52. The number of non-ortho nitro benzene ring substituents is 1. The van der Waals surface area contributed by atoms with E-state index in [0.29, 0.717) is 13.1 Å². The van der Waals surface area contributed by atoms with E-state index < -0.39 is 10.8 Å². The minimum atomic E-state index is -0.630. The van der Waals surface area contributed by atoms with Crippen molar-refractivity contribution in [2.45, 2.75) is 13.1 Å². The van der Waals surface area contributed by atoms with Crippen molar-refractivity contribution in [3.63, 3.8) is 0 Å². The zero-order chi connectivity index (χ0) is 22.1. The molecule has 1 N–H and O–H groups in total. The van der Waals surface area contributed by atoms with E-state index in [2.05, 4.69) is 5.32 Å². The van der Waals surface area contributed by atoms with Crippen LogP contribution in [-0.2, 0) is 17.9 Å². The molecule has 0 radical (unpaired) electrons. The van der Waals surface area contributed by atoms with Crippen molar-refractivity contribution in [1.82, 2.24) is 4.90 Å². The molecule has 0 aliphatic heterocycles. The molecule has 1 amide bonds. The van der Waals surface area contributed by atoms with Crippen molar-refractivity contribution in [3.05, 3.63) is 118 Å². The number of rotatable bonds is 8. The Hall–Kier alpha value is -4.44. The van der Waals surface area contributed by atoms with E-state index in [0.717, 1.165) is 11.1 Å². The Morgan fingerprint density at radius 3 is 2.06 bits per heavy atom. The average molecular weight is 412 g/mol. The van der Waals surface area contributed by atoms with E-state index in [1.807, 2.05) is 71.6 Å². The second-order valence-corrected chi connectivity index (χ2v) is 6.79. The fourth-order valence-corrected chi connectivity index (χ4v) is 3.00. The highest BCUT2D eigenvalue weighted by atomic mass is 16.6. The summed E-state index contributed by atoms with van der Waals surface area (Å²) in [5.41, 5.74) is 2.07. The van der Waals surface area contributed by atoms with Gasteiger partial charge in [0.2, 0.25) is 0 Å². The van der Waals surface area contributed by atoms with Crippen LogP contribution in [-0.4, -0.2) is 15.7 Å². The number of benzene rings is 3. The first-order valence-electron chi connectivity index (χ1n) is 9.55. The fourth-order valence-electron chi connectivity index (χ4n) is 3.00. The molecule has 31 heavy (non-hydrogen) atoms. The second-order valence-electron chi connectivity index (χ2n) is 6.79. The molecule has 3 rings (SSSR count). The van der Waals surface area contributed by atoms with Crippen LogP contribution >= 0.6 is 0 Å². The van der Waals surface area contributed by atoms with Gasteiger partial charge in [-0.25, -0.2) is 0 Å². The summed E-state index contributed by atoms with van der Waals surface area (Å²) in [6, 6.07) is 27.0. The van der Waals surface area contributed by atoms with Crippen LogP contribution in [0.3, 0.4) is 0 Å². The molecule has 0 bridgehead atoms. The predicted octanol–water partition coefficient (Wildman–Crippen LogP) is 4.64. The Bertz CT molecular complexity index is 1080. The summed E-state index contributed by atoms with van der Waals surface area (Å²) >= 11 is 0. The summed E-state index contributed by atoms with van der Waals surface area (Å²) < 4.78 is 0.